The second-order valence-electron chi connectivity index (χ2n) is 6.56. The quantitative estimate of drug-likeness (QED) is 0.886. The Labute approximate surface area is 158 Å². The topological polar surface area (TPSA) is 52.7 Å². The minimum absolute atomic E-state index is 0.0000394. The van der Waals surface area contributed by atoms with E-state index in [0.717, 1.165) is 31.6 Å². The average Bonchev–Trinajstić information content (AvgIpc) is 3.15. The molecule has 1 fully saturated rings. The van der Waals surface area contributed by atoms with Crippen molar-refractivity contribution in [2.75, 3.05) is 37.4 Å². The van der Waals surface area contributed by atoms with Gasteiger partial charge in [-0.3, -0.25) is 9.59 Å². The fraction of sp³-hybridized carbons (Fsp3) is 0.300. The molecule has 0 unspecified atom stereocenters. The van der Waals surface area contributed by atoms with Gasteiger partial charge in [0.2, 0.25) is 0 Å². The second-order valence-corrected chi connectivity index (χ2v) is 6.97. The molecule has 0 radical (unpaired) electrons. The Kier molecular flexibility index (Phi) is 5.47. The number of halogens is 1. The van der Waals surface area contributed by atoms with Crippen molar-refractivity contribution in [1.29, 1.82) is 0 Å². The number of nitrogens with zero attached hydrogens (tertiary/aromatic N) is 2. The molecule has 0 bridgehead atoms. The predicted octanol–water partition coefficient (Wildman–Crippen LogP) is 3.89. The smallest absolute Gasteiger partial charge is 0.257 e. The number of nitrogens with one attached hydrogen (secondary N) is 1. The van der Waals surface area contributed by atoms with Crippen LogP contribution in [-0.4, -0.2) is 43.9 Å². The molecule has 26 heavy (non-hydrogen) atoms. The van der Waals surface area contributed by atoms with Crippen LogP contribution < -0.4 is 10.2 Å². The minimum atomic E-state index is -0.298. The average molecular weight is 372 g/mol. The Bertz CT molecular complexity index is 830. The third-order valence-corrected chi connectivity index (χ3v) is 4.81. The first-order valence-electron chi connectivity index (χ1n) is 8.64. The Balaban J connectivity index is 1.89. The summed E-state index contributed by atoms with van der Waals surface area (Å²) in [4.78, 5) is 29.2. The maximum Gasteiger partial charge on any atom is 0.257 e. The van der Waals surface area contributed by atoms with Gasteiger partial charge in [-0.05, 0) is 43.2 Å². The molecule has 2 amide bonds. The summed E-state index contributed by atoms with van der Waals surface area (Å²) in [6, 6.07) is 12.3. The van der Waals surface area contributed by atoms with Gasteiger partial charge < -0.3 is 15.1 Å². The van der Waals surface area contributed by atoms with E-state index in [0.29, 0.717) is 21.8 Å². The summed E-state index contributed by atoms with van der Waals surface area (Å²) in [6.07, 6.45) is 2.07. The fourth-order valence-electron chi connectivity index (χ4n) is 3.11. The van der Waals surface area contributed by atoms with Gasteiger partial charge >= 0.3 is 0 Å². The summed E-state index contributed by atoms with van der Waals surface area (Å²) >= 11 is 6.09. The van der Waals surface area contributed by atoms with E-state index in [1.807, 2.05) is 30.0 Å². The number of benzene rings is 2. The fourth-order valence-corrected chi connectivity index (χ4v) is 3.33. The molecular weight excluding hydrogens is 350 g/mol. The van der Waals surface area contributed by atoms with Crippen molar-refractivity contribution in [3.63, 3.8) is 0 Å². The molecule has 0 atom stereocenters. The zero-order valence-corrected chi connectivity index (χ0v) is 15.7. The molecule has 2 aromatic rings. The summed E-state index contributed by atoms with van der Waals surface area (Å²) in [5.41, 5.74) is 2.40. The largest absolute Gasteiger partial charge is 0.377 e. The molecule has 6 heteroatoms. The molecule has 0 aliphatic carbocycles. The summed E-state index contributed by atoms with van der Waals surface area (Å²) in [5, 5.41) is 3.23. The molecule has 1 aliphatic heterocycles. The first-order chi connectivity index (χ1) is 12.5. The Morgan fingerprint density at radius 3 is 2.38 bits per heavy atom. The van der Waals surface area contributed by atoms with Crippen LogP contribution in [0.4, 0.5) is 11.4 Å². The predicted molar refractivity (Wildman–Crippen MR) is 105 cm³/mol. The first-order valence-corrected chi connectivity index (χ1v) is 9.01. The van der Waals surface area contributed by atoms with Crippen LogP contribution in [-0.2, 0) is 0 Å². The molecule has 2 aromatic carbocycles. The summed E-state index contributed by atoms with van der Waals surface area (Å²) in [5.74, 6) is -0.298. The number of carbonyl (C=O) groups excluding carboxylic acids is 2. The highest BCUT2D eigenvalue weighted by Crippen LogP contribution is 2.26. The van der Waals surface area contributed by atoms with E-state index < -0.39 is 0 Å². The highest BCUT2D eigenvalue weighted by atomic mass is 35.5. The monoisotopic (exact) mass is 371 g/mol. The van der Waals surface area contributed by atoms with Crippen LogP contribution in [0.5, 0.6) is 0 Å². The van der Waals surface area contributed by atoms with Gasteiger partial charge in [0.25, 0.3) is 11.8 Å². The number of anilines is 2. The van der Waals surface area contributed by atoms with E-state index in [4.69, 9.17) is 11.6 Å². The van der Waals surface area contributed by atoms with Gasteiger partial charge in [-0.15, -0.1) is 0 Å². The van der Waals surface area contributed by atoms with Crippen LogP contribution in [0.1, 0.15) is 33.6 Å². The Morgan fingerprint density at radius 1 is 1.04 bits per heavy atom. The van der Waals surface area contributed by atoms with Crippen LogP contribution in [0.3, 0.4) is 0 Å². The number of hydrogen-bond donors (Lipinski definition) is 1. The van der Waals surface area contributed by atoms with E-state index in [2.05, 4.69) is 5.32 Å². The molecule has 0 spiro atoms. The Morgan fingerprint density at radius 2 is 1.73 bits per heavy atom. The molecule has 1 aliphatic rings. The lowest BCUT2D eigenvalue weighted by Crippen LogP contribution is -2.29. The van der Waals surface area contributed by atoms with Gasteiger partial charge in [0, 0.05) is 38.6 Å². The second kappa shape index (κ2) is 7.79. The summed E-state index contributed by atoms with van der Waals surface area (Å²) in [7, 11) is 3.80. The van der Waals surface area contributed by atoms with Crippen molar-refractivity contribution in [1.82, 2.24) is 4.90 Å². The minimum Gasteiger partial charge on any atom is -0.377 e. The molecule has 3 rings (SSSR count). The van der Waals surface area contributed by atoms with E-state index in [1.54, 1.807) is 36.4 Å². The number of amides is 2. The summed E-state index contributed by atoms with van der Waals surface area (Å²) in [6.45, 7) is 1.56. The third kappa shape index (κ3) is 3.83. The van der Waals surface area contributed by atoms with Gasteiger partial charge in [0.15, 0.2) is 0 Å². The van der Waals surface area contributed by atoms with Crippen LogP contribution >= 0.6 is 11.6 Å². The van der Waals surface area contributed by atoms with Crippen molar-refractivity contribution < 1.29 is 9.59 Å². The van der Waals surface area contributed by atoms with Gasteiger partial charge in [-0.2, -0.15) is 0 Å². The van der Waals surface area contributed by atoms with Crippen molar-refractivity contribution in [2.24, 2.45) is 0 Å². The highest BCUT2D eigenvalue weighted by molar-refractivity contribution is 6.34. The van der Waals surface area contributed by atoms with Crippen LogP contribution in [0.15, 0.2) is 42.5 Å². The zero-order valence-electron chi connectivity index (χ0n) is 15.0. The molecule has 0 aromatic heterocycles. The van der Waals surface area contributed by atoms with Crippen LogP contribution in [0, 0.1) is 0 Å². The number of hydrogen-bond acceptors (Lipinski definition) is 3. The van der Waals surface area contributed by atoms with E-state index in [1.165, 1.54) is 0 Å². The van der Waals surface area contributed by atoms with Gasteiger partial charge in [0.05, 0.1) is 16.1 Å². The Hall–Kier alpha value is -2.53. The molecule has 0 saturated carbocycles. The van der Waals surface area contributed by atoms with Crippen molar-refractivity contribution in [3.05, 3.63) is 58.6 Å². The lowest BCUT2D eigenvalue weighted by atomic mass is 10.1. The molecule has 1 saturated heterocycles. The van der Waals surface area contributed by atoms with E-state index >= 15 is 0 Å². The number of rotatable bonds is 4. The molecule has 136 valence electrons. The van der Waals surface area contributed by atoms with Crippen molar-refractivity contribution >= 4 is 34.8 Å². The van der Waals surface area contributed by atoms with Gasteiger partial charge in [-0.1, -0.05) is 23.7 Å². The molecule has 1 heterocycles. The molecule has 1 N–H and O–H groups in total. The van der Waals surface area contributed by atoms with Gasteiger partial charge in [-0.25, -0.2) is 0 Å². The molecule has 5 nitrogen and oxygen atoms in total. The standard InChI is InChI=1S/C20H22ClN3O2/c1-23(2)18-10-9-14(13-16(18)20(26)24-11-5-6-12-24)22-19(25)15-7-3-4-8-17(15)21/h3-4,7-10,13H,5-6,11-12H2,1-2H3,(H,22,25). The normalized spacial score (nSPS) is 13.6. The van der Waals surface area contributed by atoms with Crippen LogP contribution in [0.25, 0.3) is 0 Å². The van der Waals surface area contributed by atoms with E-state index in [9.17, 15) is 9.59 Å². The number of carbonyl (C=O) groups is 2. The van der Waals surface area contributed by atoms with E-state index in [-0.39, 0.29) is 11.8 Å². The SMILES string of the molecule is CN(C)c1ccc(NC(=O)c2ccccc2Cl)cc1C(=O)N1CCCC1. The van der Waals surface area contributed by atoms with Gasteiger partial charge in [0.1, 0.15) is 0 Å². The number of likely N-dealkylation sites (tertiary alicyclic amines) is 1. The zero-order chi connectivity index (χ0) is 18.7. The first kappa shape index (κ1) is 18.3. The summed E-state index contributed by atoms with van der Waals surface area (Å²) < 4.78 is 0. The highest BCUT2D eigenvalue weighted by Gasteiger charge is 2.23. The third-order valence-electron chi connectivity index (χ3n) is 4.48. The lowest BCUT2D eigenvalue weighted by molar-refractivity contribution is 0.0793. The van der Waals surface area contributed by atoms with Crippen molar-refractivity contribution in [3.8, 4) is 0 Å². The van der Waals surface area contributed by atoms with Crippen molar-refractivity contribution in [2.45, 2.75) is 12.8 Å². The maximum absolute atomic E-state index is 12.9. The maximum atomic E-state index is 12.9. The molecular formula is C20H22ClN3O2. The van der Waals surface area contributed by atoms with Crippen LogP contribution in [0.2, 0.25) is 5.02 Å². The lowest BCUT2D eigenvalue weighted by Gasteiger charge is -2.22.